The van der Waals surface area contributed by atoms with E-state index in [2.05, 4.69) is 34.4 Å². The maximum Gasteiger partial charge on any atom is 0.185 e. The molecule has 23 heavy (non-hydrogen) atoms. The van der Waals surface area contributed by atoms with Crippen molar-refractivity contribution in [2.45, 2.75) is 44.4 Å². The summed E-state index contributed by atoms with van der Waals surface area (Å²) >= 11 is 6.58. The number of nitrogens with zero attached hydrogens (tertiary/aromatic N) is 4. The zero-order valence-electron chi connectivity index (χ0n) is 13.0. The van der Waals surface area contributed by atoms with Gasteiger partial charge in [-0.25, -0.2) is 0 Å². The van der Waals surface area contributed by atoms with Crippen LogP contribution >= 0.6 is 11.6 Å². The molecule has 4 nitrogen and oxygen atoms in total. The maximum atomic E-state index is 6.58. The first-order chi connectivity index (χ1) is 11.2. The van der Waals surface area contributed by atoms with Crippen molar-refractivity contribution in [1.82, 2.24) is 19.8 Å². The Morgan fingerprint density at radius 2 is 1.70 bits per heavy atom. The van der Waals surface area contributed by atoms with Crippen molar-refractivity contribution in [1.29, 1.82) is 0 Å². The number of aryl methyl sites for hydroxylation is 1. The highest BCUT2D eigenvalue weighted by molar-refractivity contribution is 6.30. The summed E-state index contributed by atoms with van der Waals surface area (Å²) in [6, 6.07) is 8.19. The van der Waals surface area contributed by atoms with Gasteiger partial charge in [0.2, 0.25) is 0 Å². The van der Waals surface area contributed by atoms with Crippen molar-refractivity contribution in [3.8, 4) is 11.4 Å². The fourth-order valence-electron chi connectivity index (χ4n) is 4.37. The van der Waals surface area contributed by atoms with Crippen molar-refractivity contribution >= 4 is 17.2 Å². The highest BCUT2D eigenvalue weighted by atomic mass is 35.5. The van der Waals surface area contributed by atoms with Crippen LogP contribution in [0, 0.1) is 6.92 Å². The minimum absolute atomic E-state index is 0.554. The van der Waals surface area contributed by atoms with E-state index in [1.54, 1.807) is 0 Å². The van der Waals surface area contributed by atoms with E-state index >= 15 is 0 Å². The standard InChI is InChI=1S/C18H17ClN4/c1-10-4-2-3-5-13(10)17-20-21-18-15-12-8-6-11(7-9-12)14(15)16(19)22-23(17)18/h2-5,11-12H,6-9H2,1H3. The van der Waals surface area contributed by atoms with Gasteiger partial charge < -0.3 is 0 Å². The normalized spacial score (nSPS) is 22.5. The maximum absolute atomic E-state index is 6.58. The van der Waals surface area contributed by atoms with Gasteiger partial charge in [0, 0.05) is 16.7 Å². The van der Waals surface area contributed by atoms with E-state index in [1.165, 1.54) is 42.4 Å². The fourth-order valence-corrected chi connectivity index (χ4v) is 4.70. The van der Waals surface area contributed by atoms with E-state index in [1.807, 2.05) is 16.6 Å². The van der Waals surface area contributed by atoms with Gasteiger partial charge in [0.15, 0.2) is 16.6 Å². The lowest BCUT2D eigenvalue weighted by atomic mass is 9.68. The van der Waals surface area contributed by atoms with Gasteiger partial charge in [-0.15, -0.1) is 10.2 Å². The van der Waals surface area contributed by atoms with Crippen LogP contribution in [-0.4, -0.2) is 19.8 Å². The molecule has 5 heteroatoms. The first-order valence-corrected chi connectivity index (χ1v) is 8.62. The Hall–Kier alpha value is -1.94. The van der Waals surface area contributed by atoms with Gasteiger partial charge in [-0.3, -0.25) is 0 Å². The molecular formula is C18H17ClN4. The smallest absolute Gasteiger partial charge is 0.185 e. The van der Waals surface area contributed by atoms with E-state index in [9.17, 15) is 0 Å². The Balaban J connectivity index is 1.82. The minimum Gasteiger partial charge on any atom is -0.191 e. The van der Waals surface area contributed by atoms with Gasteiger partial charge in [0.05, 0.1) is 0 Å². The molecule has 1 fully saturated rings. The molecule has 0 spiro atoms. The lowest BCUT2D eigenvalue weighted by molar-refractivity contribution is 0.358. The molecule has 3 aliphatic carbocycles. The number of rotatable bonds is 1. The molecule has 3 aliphatic rings. The third-order valence-electron chi connectivity index (χ3n) is 5.51. The van der Waals surface area contributed by atoms with Gasteiger partial charge in [0.1, 0.15) is 0 Å². The largest absolute Gasteiger partial charge is 0.191 e. The molecule has 2 heterocycles. The summed E-state index contributed by atoms with van der Waals surface area (Å²) in [6.45, 7) is 2.08. The third-order valence-corrected chi connectivity index (χ3v) is 5.79. The number of halogens is 1. The van der Waals surface area contributed by atoms with Crippen LogP contribution in [0.2, 0.25) is 5.15 Å². The molecule has 0 radical (unpaired) electrons. The summed E-state index contributed by atoms with van der Waals surface area (Å²) in [6.07, 6.45) is 4.93. The Kier molecular flexibility index (Phi) is 2.80. The second kappa shape index (κ2) is 4.78. The molecule has 6 rings (SSSR count). The van der Waals surface area contributed by atoms with Crippen molar-refractivity contribution in [2.75, 3.05) is 0 Å². The monoisotopic (exact) mass is 324 g/mol. The molecule has 1 saturated carbocycles. The van der Waals surface area contributed by atoms with Crippen LogP contribution in [0.1, 0.15) is 54.2 Å². The number of hydrogen-bond acceptors (Lipinski definition) is 3. The predicted molar refractivity (Wildman–Crippen MR) is 89.9 cm³/mol. The number of hydrogen-bond donors (Lipinski definition) is 0. The quantitative estimate of drug-likeness (QED) is 0.661. The van der Waals surface area contributed by atoms with Crippen LogP contribution in [0.15, 0.2) is 24.3 Å². The second-order valence-electron chi connectivity index (χ2n) is 6.74. The van der Waals surface area contributed by atoms with Crippen molar-refractivity contribution in [2.24, 2.45) is 0 Å². The molecule has 0 atom stereocenters. The zero-order valence-corrected chi connectivity index (χ0v) is 13.7. The SMILES string of the molecule is Cc1ccccc1-c1nnc2c3c(c(Cl)nn12)C1CCC3CC1. The molecule has 0 amide bonds. The van der Waals surface area contributed by atoms with Gasteiger partial charge in [-0.05, 0) is 50.0 Å². The topological polar surface area (TPSA) is 43.1 Å². The van der Waals surface area contributed by atoms with Crippen molar-refractivity contribution in [3.05, 3.63) is 46.1 Å². The minimum atomic E-state index is 0.554. The Morgan fingerprint density at radius 1 is 1.00 bits per heavy atom. The summed E-state index contributed by atoms with van der Waals surface area (Å²) in [7, 11) is 0. The Labute approximate surface area is 139 Å². The van der Waals surface area contributed by atoms with Gasteiger partial charge >= 0.3 is 0 Å². The number of aromatic nitrogens is 4. The molecule has 116 valence electrons. The van der Waals surface area contributed by atoms with Gasteiger partial charge in [0.25, 0.3) is 0 Å². The first-order valence-electron chi connectivity index (χ1n) is 8.24. The fraction of sp³-hybridized carbons (Fsp3) is 0.389. The van der Waals surface area contributed by atoms with E-state index in [0.717, 1.165) is 17.0 Å². The van der Waals surface area contributed by atoms with E-state index in [4.69, 9.17) is 11.6 Å². The van der Waals surface area contributed by atoms with Gasteiger partial charge in [-0.2, -0.15) is 9.61 Å². The van der Waals surface area contributed by atoms with E-state index < -0.39 is 0 Å². The number of fused-ring (bicyclic) bond motifs is 3. The van der Waals surface area contributed by atoms with E-state index in [0.29, 0.717) is 17.0 Å². The molecule has 0 aliphatic heterocycles. The summed E-state index contributed by atoms with van der Waals surface area (Å²) in [5, 5.41) is 14.2. The molecule has 2 bridgehead atoms. The highest BCUT2D eigenvalue weighted by Crippen LogP contribution is 2.52. The molecule has 1 aromatic carbocycles. The average Bonchev–Trinajstić information content (AvgIpc) is 3.00. The van der Waals surface area contributed by atoms with Crippen molar-refractivity contribution in [3.63, 3.8) is 0 Å². The molecule has 2 aromatic heterocycles. The van der Waals surface area contributed by atoms with E-state index in [-0.39, 0.29) is 0 Å². The Morgan fingerprint density at radius 3 is 2.43 bits per heavy atom. The average molecular weight is 325 g/mol. The predicted octanol–water partition coefficient (Wildman–Crippen LogP) is 4.51. The summed E-state index contributed by atoms with van der Waals surface area (Å²) in [5.41, 5.74) is 5.67. The summed E-state index contributed by atoms with van der Waals surface area (Å²) in [4.78, 5) is 0. The van der Waals surface area contributed by atoms with Crippen LogP contribution in [0.25, 0.3) is 17.0 Å². The van der Waals surface area contributed by atoms with Crippen molar-refractivity contribution < 1.29 is 0 Å². The van der Waals surface area contributed by atoms with Crippen LogP contribution in [-0.2, 0) is 0 Å². The van der Waals surface area contributed by atoms with Crippen LogP contribution in [0.3, 0.4) is 0 Å². The summed E-state index contributed by atoms with van der Waals surface area (Å²) in [5.74, 6) is 1.90. The lowest BCUT2D eigenvalue weighted by Gasteiger charge is -2.38. The molecule has 0 saturated heterocycles. The molecule has 3 aromatic rings. The highest BCUT2D eigenvalue weighted by Gasteiger charge is 2.38. The Bertz CT molecular complexity index is 922. The second-order valence-corrected chi connectivity index (χ2v) is 7.10. The van der Waals surface area contributed by atoms with Gasteiger partial charge in [-0.1, -0.05) is 35.9 Å². The van der Waals surface area contributed by atoms with Crippen LogP contribution in [0.4, 0.5) is 0 Å². The summed E-state index contributed by atoms with van der Waals surface area (Å²) < 4.78 is 1.85. The van der Waals surface area contributed by atoms with Crippen LogP contribution in [0.5, 0.6) is 0 Å². The molecule has 0 N–H and O–H groups in total. The molecule has 0 unspecified atom stereocenters. The lowest BCUT2D eigenvalue weighted by Crippen LogP contribution is -2.24. The zero-order chi connectivity index (χ0) is 15.6. The third kappa shape index (κ3) is 1.81. The first kappa shape index (κ1) is 13.5. The van der Waals surface area contributed by atoms with Crippen LogP contribution < -0.4 is 0 Å². The molecular weight excluding hydrogens is 308 g/mol. The number of benzene rings is 1.